The SMILES string of the molecule is CCCCCC(=O)O[C@]1(C(=O)CF)[C@@H](C)C[C@H]2[C@@H]3C[C@H](F)C4=C(F)C(=O)C=C[C@]4(C)[C@H]3[C@@H](O)C[C@@]21C. The minimum Gasteiger partial charge on any atom is -0.450 e. The first kappa shape index (κ1) is 27.1. The molecule has 3 saturated carbocycles. The third-order valence-electron chi connectivity index (χ3n) is 9.89. The summed E-state index contributed by atoms with van der Waals surface area (Å²) < 4.78 is 50.4. The van der Waals surface area contributed by atoms with Gasteiger partial charge in [0.05, 0.1) is 6.10 Å². The average molecular weight is 511 g/mol. The minimum atomic E-state index is -1.77. The molecule has 4 rings (SSSR count). The van der Waals surface area contributed by atoms with Crippen molar-refractivity contribution in [2.75, 3.05) is 6.67 Å². The number of rotatable bonds is 7. The van der Waals surface area contributed by atoms with Gasteiger partial charge in [0, 0.05) is 34.7 Å². The number of aliphatic hydroxyl groups is 1. The van der Waals surface area contributed by atoms with Crippen molar-refractivity contribution in [1.82, 2.24) is 0 Å². The lowest BCUT2D eigenvalue weighted by Crippen LogP contribution is -2.64. The number of aliphatic hydroxyl groups excluding tert-OH is 1. The van der Waals surface area contributed by atoms with E-state index in [2.05, 4.69) is 0 Å². The van der Waals surface area contributed by atoms with Crippen molar-refractivity contribution in [3.05, 3.63) is 23.6 Å². The van der Waals surface area contributed by atoms with E-state index >= 15 is 4.39 Å². The van der Waals surface area contributed by atoms with Crippen molar-refractivity contribution in [3.63, 3.8) is 0 Å². The Hall–Kier alpha value is -1.96. The second-order valence-electron chi connectivity index (χ2n) is 11.8. The van der Waals surface area contributed by atoms with Gasteiger partial charge in [0.25, 0.3) is 0 Å². The molecule has 200 valence electrons. The van der Waals surface area contributed by atoms with Gasteiger partial charge in [-0.3, -0.25) is 14.4 Å². The first-order chi connectivity index (χ1) is 16.9. The first-order valence-electron chi connectivity index (χ1n) is 13.2. The Bertz CT molecular complexity index is 1010. The van der Waals surface area contributed by atoms with Crippen LogP contribution < -0.4 is 0 Å². The number of esters is 1. The number of allylic oxidation sites excluding steroid dienone is 4. The van der Waals surface area contributed by atoms with Gasteiger partial charge < -0.3 is 9.84 Å². The van der Waals surface area contributed by atoms with Crippen LogP contribution in [0.5, 0.6) is 0 Å². The number of ether oxygens (including phenoxy) is 1. The van der Waals surface area contributed by atoms with Crippen LogP contribution in [0.25, 0.3) is 0 Å². The van der Waals surface area contributed by atoms with Crippen LogP contribution in [0.1, 0.15) is 72.6 Å². The van der Waals surface area contributed by atoms with Crippen LogP contribution >= 0.6 is 0 Å². The zero-order chi connectivity index (χ0) is 26.6. The topological polar surface area (TPSA) is 80.7 Å². The number of Topliss-reactive ketones (excluding diaryl/α,β-unsaturated/α-hetero) is 1. The van der Waals surface area contributed by atoms with Gasteiger partial charge in [-0.1, -0.05) is 46.6 Å². The largest absolute Gasteiger partial charge is 0.450 e. The molecule has 0 spiro atoms. The van der Waals surface area contributed by atoms with E-state index in [0.29, 0.717) is 12.8 Å². The van der Waals surface area contributed by atoms with Crippen molar-refractivity contribution in [2.45, 2.75) is 90.5 Å². The molecular formula is C28H37F3O5. The Morgan fingerprint density at radius 2 is 1.92 bits per heavy atom. The van der Waals surface area contributed by atoms with Gasteiger partial charge in [0.2, 0.25) is 11.6 Å². The predicted octanol–water partition coefficient (Wildman–Crippen LogP) is 5.16. The molecule has 8 heteroatoms. The Morgan fingerprint density at radius 3 is 2.56 bits per heavy atom. The molecule has 0 amide bonds. The van der Waals surface area contributed by atoms with E-state index in [0.717, 1.165) is 18.9 Å². The highest BCUT2D eigenvalue weighted by Crippen LogP contribution is 2.69. The molecule has 0 aromatic heterocycles. The molecule has 0 aliphatic heterocycles. The summed E-state index contributed by atoms with van der Waals surface area (Å²) in [5.41, 5.74) is -4.33. The van der Waals surface area contributed by atoms with Crippen molar-refractivity contribution < 1.29 is 37.4 Å². The lowest BCUT2D eigenvalue weighted by atomic mass is 9.45. The molecule has 4 aliphatic rings. The highest BCUT2D eigenvalue weighted by atomic mass is 19.1. The summed E-state index contributed by atoms with van der Waals surface area (Å²) in [6, 6.07) is 0. The van der Waals surface area contributed by atoms with Crippen molar-refractivity contribution in [1.29, 1.82) is 0 Å². The predicted molar refractivity (Wildman–Crippen MR) is 127 cm³/mol. The fraction of sp³-hybridized carbons (Fsp3) is 0.750. The zero-order valence-electron chi connectivity index (χ0n) is 21.5. The molecule has 0 bridgehead atoms. The number of hydrogen-bond donors (Lipinski definition) is 1. The van der Waals surface area contributed by atoms with Crippen LogP contribution in [0.3, 0.4) is 0 Å². The molecule has 0 unspecified atom stereocenters. The smallest absolute Gasteiger partial charge is 0.306 e. The lowest BCUT2D eigenvalue weighted by Gasteiger charge is -2.60. The van der Waals surface area contributed by atoms with Crippen LogP contribution in [0.15, 0.2) is 23.6 Å². The zero-order valence-corrected chi connectivity index (χ0v) is 21.5. The molecule has 0 radical (unpaired) electrons. The second kappa shape index (κ2) is 9.41. The van der Waals surface area contributed by atoms with Crippen molar-refractivity contribution in [3.8, 4) is 0 Å². The molecule has 0 heterocycles. The Balaban J connectivity index is 1.76. The Kier molecular flexibility index (Phi) is 7.08. The van der Waals surface area contributed by atoms with E-state index in [4.69, 9.17) is 4.74 Å². The van der Waals surface area contributed by atoms with E-state index in [-0.39, 0.29) is 30.8 Å². The maximum Gasteiger partial charge on any atom is 0.306 e. The first-order valence-corrected chi connectivity index (χ1v) is 13.2. The summed E-state index contributed by atoms with van der Waals surface area (Å²) in [6.45, 7) is 5.82. The normalized spacial score (nSPS) is 43.6. The molecule has 3 fully saturated rings. The highest BCUT2D eigenvalue weighted by molar-refractivity contribution is 6.04. The standard InChI is InChI=1S/C28H37F3O5/c1-5-6-7-8-22(35)36-28(21(34)14-29)15(2)11-17-16-12-18(30)24-25(31)19(32)9-10-26(24,3)23(16)20(33)13-27(17,28)4/h9-10,15-18,20,23,33H,5-8,11-14H2,1-4H3/t15-,16-,17-,18-,20-,23+,26+,27-,28-/m0/s1. The van der Waals surface area contributed by atoms with Crippen LogP contribution in [0.2, 0.25) is 0 Å². The Labute approximate surface area is 210 Å². The molecule has 0 aromatic carbocycles. The Morgan fingerprint density at radius 1 is 1.22 bits per heavy atom. The van der Waals surface area contributed by atoms with Gasteiger partial charge in [-0.2, -0.15) is 0 Å². The fourth-order valence-corrected chi connectivity index (χ4v) is 8.47. The van der Waals surface area contributed by atoms with Crippen LogP contribution in [0, 0.1) is 34.5 Å². The van der Waals surface area contributed by atoms with Gasteiger partial charge in [0.1, 0.15) is 6.17 Å². The summed E-state index contributed by atoms with van der Waals surface area (Å²) in [5.74, 6) is -5.38. The quantitative estimate of drug-likeness (QED) is 0.378. The molecule has 5 nitrogen and oxygen atoms in total. The molecule has 9 atom stereocenters. The summed E-state index contributed by atoms with van der Waals surface area (Å²) in [6.07, 6.45) is 2.42. The maximum absolute atomic E-state index is 15.6. The summed E-state index contributed by atoms with van der Waals surface area (Å²) in [7, 11) is 0. The number of carbonyl (C=O) groups excluding carboxylic acids is 3. The summed E-state index contributed by atoms with van der Waals surface area (Å²) >= 11 is 0. The molecule has 36 heavy (non-hydrogen) atoms. The number of ketones is 2. The number of fused-ring (bicyclic) bond motifs is 5. The van der Waals surface area contributed by atoms with Crippen LogP contribution in [-0.2, 0) is 19.1 Å². The minimum absolute atomic E-state index is 0.0143. The van der Waals surface area contributed by atoms with Gasteiger partial charge in [-0.15, -0.1) is 0 Å². The van der Waals surface area contributed by atoms with E-state index in [1.54, 1.807) is 20.8 Å². The average Bonchev–Trinajstić information content (AvgIpc) is 3.03. The maximum atomic E-state index is 15.6. The number of unbranched alkanes of at least 4 members (excludes halogenated alkanes) is 2. The molecule has 0 saturated heterocycles. The van der Waals surface area contributed by atoms with Crippen LogP contribution in [0.4, 0.5) is 13.2 Å². The molecule has 0 aromatic rings. The van der Waals surface area contributed by atoms with E-state index < -0.39 is 76.5 Å². The van der Waals surface area contributed by atoms with Gasteiger partial charge in [-0.05, 0) is 43.6 Å². The summed E-state index contributed by atoms with van der Waals surface area (Å²) in [5, 5.41) is 11.5. The molecule has 1 N–H and O–H groups in total. The lowest BCUT2D eigenvalue weighted by molar-refractivity contribution is -0.206. The molecule has 4 aliphatic carbocycles. The van der Waals surface area contributed by atoms with Gasteiger partial charge >= 0.3 is 5.97 Å². The van der Waals surface area contributed by atoms with Gasteiger partial charge in [0.15, 0.2) is 18.1 Å². The second-order valence-corrected chi connectivity index (χ2v) is 11.8. The monoisotopic (exact) mass is 510 g/mol. The van der Waals surface area contributed by atoms with E-state index in [1.165, 1.54) is 6.08 Å². The van der Waals surface area contributed by atoms with Crippen LogP contribution in [-0.4, -0.2) is 47.2 Å². The number of carbonyl (C=O) groups is 3. The third kappa shape index (κ3) is 3.64. The van der Waals surface area contributed by atoms with E-state index in [1.807, 2.05) is 6.92 Å². The van der Waals surface area contributed by atoms with Gasteiger partial charge in [-0.25, -0.2) is 13.2 Å². The number of halogens is 3. The fourth-order valence-electron chi connectivity index (χ4n) is 8.47. The summed E-state index contributed by atoms with van der Waals surface area (Å²) in [4.78, 5) is 38.1. The number of alkyl halides is 2. The van der Waals surface area contributed by atoms with E-state index in [9.17, 15) is 28.3 Å². The molecular weight excluding hydrogens is 473 g/mol. The third-order valence-corrected chi connectivity index (χ3v) is 9.89. The highest BCUT2D eigenvalue weighted by Gasteiger charge is 2.73. The van der Waals surface area contributed by atoms with Crippen molar-refractivity contribution in [2.24, 2.45) is 34.5 Å². The number of hydrogen-bond acceptors (Lipinski definition) is 5. The van der Waals surface area contributed by atoms with Crippen molar-refractivity contribution >= 4 is 17.5 Å².